The van der Waals surface area contributed by atoms with Crippen LogP contribution in [0.2, 0.25) is 0 Å². The van der Waals surface area contributed by atoms with Gasteiger partial charge in [0.2, 0.25) is 0 Å². The van der Waals surface area contributed by atoms with Crippen LogP contribution in [0.15, 0.2) is 12.1 Å². The molecule has 0 aliphatic carbocycles. The van der Waals surface area contributed by atoms with Crippen molar-refractivity contribution in [1.29, 1.82) is 0 Å². The van der Waals surface area contributed by atoms with Gasteiger partial charge in [-0.05, 0) is 42.9 Å². The highest BCUT2D eigenvalue weighted by Gasteiger charge is 2.09. The molecular formula is C16H27NO. The number of benzene rings is 1. The Morgan fingerprint density at radius 1 is 1.06 bits per heavy atom. The van der Waals surface area contributed by atoms with E-state index in [2.05, 4.69) is 59.0 Å². The Morgan fingerprint density at radius 2 is 1.67 bits per heavy atom. The monoisotopic (exact) mass is 249 g/mol. The third-order valence-electron chi connectivity index (χ3n) is 3.05. The maximum atomic E-state index is 5.90. The molecule has 2 heteroatoms. The third kappa shape index (κ3) is 4.69. The molecule has 0 fully saturated rings. The van der Waals surface area contributed by atoms with Gasteiger partial charge in [-0.15, -0.1) is 0 Å². The van der Waals surface area contributed by atoms with E-state index in [0.29, 0.717) is 5.41 Å². The summed E-state index contributed by atoms with van der Waals surface area (Å²) in [5.41, 5.74) is 4.09. The van der Waals surface area contributed by atoms with Gasteiger partial charge >= 0.3 is 0 Å². The number of hydrogen-bond acceptors (Lipinski definition) is 2. The lowest BCUT2D eigenvalue weighted by atomic mass is 9.97. The average molecular weight is 249 g/mol. The van der Waals surface area contributed by atoms with Gasteiger partial charge in [-0.3, -0.25) is 0 Å². The number of hydrogen-bond donors (Lipinski definition) is 1. The maximum absolute atomic E-state index is 5.90. The van der Waals surface area contributed by atoms with Gasteiger partial charge in [0.15, 0.2) is 0 Å². The van der Waals surface area contributed by atoms with Crippen molar-refractivity contribution >= 4 is 0 Å². The van der Waals surface area contributed by atoms with E-state index in [4.69, 9.17) is 4.74 Å². The van der Waals surface area contributed by atoms with E-state index in [1.165, 1.54) is 16.7 Å². The Labute approximate surface area is 112 Å². The third-order valence-corrected chi connectivity index (χ3v) is 3.05. The van der Waals surface area contributed by atoms with Crippen molar-refractivity contribution in [3.63, 3.8) is 0 Å². The first-order valence-electron chi connectivity index (χ1n) is 6.71. The summed E-state index contributed by atoms with van der Waals surface area (Å²) in [6.07, 6.45) is 0. The number of aryl methyl sites for hydroxylation is 2. The lowest BCUT2D eigenvalue weighted by Gasteiger charge is -2.19. The largest absolute Gasteiger partial charge is 0.492 e. The molecule has 0 radical (unpaired) electrons. The van der Waals surface area contributed by atoms with Gasteiger partial charge in [-0.2, -0.15) is 0 Å². The summed E-state index contributed by atoms with van der Waals surface area (Å²) in [6.45, 7) is 15.7. The molecule has 1 rings (SSSR count). The Hall–Kier alpha value is -1.02. The van der Waals surface area contributed by atoms with Crippen LogP contribution in [-0.4, -0.2) is 19.7 Å². The molecule has 0 unspecified atom stereocenters. The molecule has 1 N–H and O–H groups in total. The topological polar surface area (TPSA) is 21.3 Å². The van der Waals surface area contributed by atoms with E-state index in [9.17, 15) is 0 Å². The van der Waals surface area contributed by atoms with Crippen molar-refractivity contribution in [2.75, 3.05) is 19.7 Å². The minimum absolute atomic E-state index is 0.329. The van der Waals surface area contributed by atoms with Crippen LogP contribution >= 0.6 is 0 Å². The van der Waals surface area contributed by atoms with Gasteiger partial charge in [-0.25, -0.2) is 0 Å². The summed E-state index contributed by atoms with van der Waals surface area (Å²) in [4.78, 5) is 0. The molecule has 0 spiro atoms. The molecule has 0 saturated heterocycles. The first-order chi connectivity index (χ1) is 8.31. The van der Waals surface area contributed by atoms with Crippen molar-refractivity contribution in [3.05, 3.63) is 28.8 Å². The van der Waals surface area contributed by atoms with E-state index in [1.807, 2.05) is 0 Å². The van der Waals surface area contributed by atoms with Crippen LogP contribution in [0.4, 0.5) is 0 Å². The Morgan fingerprint density at radius 3 is 2.28 bits per heavy atom. The maximum Gasteiger partial charge on any atom is 0.125 e. The van der Waals surface area contributed by atoms with Crippen LogP contribution in [0.25, 0.3) is 0 Å². The smallest absolute Gasteiger partial charge is 0.125 e. The van der Waals surface area contributed by atoms with Crippen LogP contribution in [0.1, 0.15) is 37.5 Å². The lowest BCUT2D eigenvalue weighted by molar-refractivity contribution is 0.294. The molecule has 18 heavy (non-hydrogen) atoms. The SMILES string of the molecule is Cc1ccc(C)c(OCCNCC(C)(C)C)c1C. The average Bonchev–Trinajstić information content (AvgIpc) is 2.26. The van der Waals surface area contributed by atoms with Crippen molar-refractivity contribution in [2.45, 2.75) is 41.5 Å². The van der Waals surface area contributed by atoms with Gasteiger partial charge in [0, 0.05) is 13.1 Å². The summed E-state index contributed by atoms with van der Waals surface area (Å²) >= 11 is 0. The van der Waals surface area contributed by atoms with Crippen molar-refractivity contribution in [2.24, 2.45) is 5.41 Å². The number of nitrogens with one attached hydrogen (secondary N) is 1. The summed E-state index contributed by atoms with van der Waals surface area (Å²) in [7, 11) is 0. The fourth-order valence-electron chi connectivity index (χ4n) is 1.84. The fourth-order valence-corrected chi connectivity index (χ4v) is 1.84. The van der Waals surface area contributed by atoms with Crippen molar-refractivity contribution in [3.8, 4) is 5.75 Å². The Balaban J connectivity index is 2.43. The first-order valence-corrected chi connectivity index (χ1v) is 6.71. The van der Waals surface area contributed by atoms with Crippen molar-refractivity contribution in [1.82, 2.24) is 5.32 Å². The fraction of sp³-hybridized carbons (Fsp3) is 0.625. The predicted octanol–water partition coefficient (Wildman–Crippen LogP) is 3.63. The Bertz CT molecular complexity index is 391. The highest BCUT2D eigenvalue weighted by atomic mass is 16.5. The molecule has 0 aliphatic heterocycles. The molecule has 2 nitrogen and oxygen atoms in total. The number of rotatable bonds is 5. The van der Waals surface area contributed by atoms with E-state index in [-0.39, 0.29) is 0 Å². The molecule has 0 atom stereocenters. The molecule has 102 valence electrons. The van der Waals surface area contributed by atoms with Crippen LogP contribution < -0.4 is 10.1 Å². The van der Waals surface area contributed by atoms with Gasteiger partial charge in [0.1, 0.15) is 12.4 Å². The normalized spacial score (nSPS) is 11.7. The molecule has 0 saturated carbocycles. The van der Waals surface area contributed by atoms with Crippen LogP contribution in [0.5, 0.6) is 5.75 Å². The molecule has 0 aliphatic rings. The molecule has 0 amide bonds. The standard InChI is InChI=1S/C16H27NO/c1-12-7-8-13(2)15(14(12)3)18-10-9-17-11-16(4,5)6/h7-8,17H,9-11H2,1-6H3. The second kappa shape index (κ2) is 6.24. The quantitative estimate of drug-likeness (QED) is 0.805. The summed E-state index contributed by atoms with van der Waals surface area (Å²) < 4.78 is 5.90. The Kier molecular flexibility index (Phi) is 5.21. The second-order valence-corrected chi connectivity index (χ2v) is 6.24. The van der Waals surface area contributed by atoms with Gasteiger partial charge < -0.3 is 10.1 Å². The molecular weight excluding hydrogens is 222 g/mol. The lowest BCUT2D eigenvalue weighted by Crippen LogP contribution is -2.30. The van der Waals surface area contributed by atoms with Crippen LogP contribution in [-0.2, 0) is 0 Å². The minimum atomic E-state index is 0.329. The van der Waals surface area contributed by atoms with E-state index < -0.39 is 0 Å². The van der Waals surface area contributed by atoms with Gasteiger partial charge in [-0.1, -0.05) is 32.9 Å². The van der Waals surface area contributed by atoms with E-state index in [0.717, 1.165) is 25.4 Å². The molecule has 1 aromatic rings. The predicted molar refractivity (Wildman–Crippen MR) is 78.5 cm³/mol. The molecule has 0 bridgehead atoms. The zero-order chi connectivity index (χ0) is 13.8. The molecule has 1 aromatic carbocycles. The highest BCUT2D eigenvalue weighted by Crippen LogP contribution is 2.25. The van der Waals surface area contributed by atoms with E-state index in [1.54, 1.807) is 0 Å². The van der Waals surface area contributed by atoms with Crippen LogP contribution in [0, 0.1) is 26.2 Å². The summed E-state index contributed by atoms with van der Waals surface area (Å²) in [5.74, 6) is 1.05. The zero-order valence-corrected chi connectivity index (χ0v) is 12.7. The van der Waals surface area contributed by atoms with Gasteiger partial charge in [0.25, 0.3) is 0 Å². The molecule has 0 heterocycles. The summed E-state index contributed by atoms with van der Waals surface area (Å²) in [5, 5.41) is 3.42. The van der Waals surface area contributed by atoms with E-state index >= 15 is 0 Å². The van der Waals surface area contributed by atoms with Gasteiger partial charge in [0.05, 0.1) is 0 Å². The summed E-state index contributed by atoms with van der Waals surface area (Å²) in [6, 6.07) is 4.27. The number of ether oxygens (including phenoxy) is 1. The molecule has 0 aromatic heterocycles. The second-order valence-electron chi connectivity index (χ2n) is 6.24. The highest BCUT2D eigenvalue weighted by molar-refractivity contribution is 5.44. The van der Waals surface area contributed by atoms with Crippen molar-refractivity contribution < 1.29 is 4.74 Å². The zero-order valence-electron chi connectivity index (χ0n) is 12.7. The van der Waals surface area contributed by atoms with Crippen LogP contribution in [0.3, 0.4) is 0 Å². The first kappa shape index (κ1) is 15.0. The minimum Gasteiger partial charge on any atom is -0.492 e.